The lowest BCUT2D eigenvalue weighted by Crippen LogP contribution is -2.50. The highest BCUT2D eigenvalue weighted by atomic mass is 35.5. The Morgan fingerprint density at radius 3 is 2.24 bits per heavy atom. The van der Waals surface area contributed by atoms with Gasteiger partial charge in [0.1, 0.15) is 0 Å². The molecule has 0 aliphatic heterocycles. The van der Waals surface area contributed by atoms with Crippen LogP contribution in [0.5, 0.6) is 0 Å². The molecule has 1 amide bonds. The van der Waals surface area contributed by atoms with Crippen molar-refractivity contribution in [1.29, 1.82) is 0 Å². The van der Waals surface area contributed by atoms with Crippen molar-refractivity contribution >= 4 is 29.9 Å². The minimum atomic E-state index is 0. The number of nitrogens with zero attached hydrogens (tertiary/aromatic N) is 1. The lowest BCUT2D eigenvalue weighted by molar-refractivity contribution is -0.140. The highest BCUT2D eigenvalue weighted by molar-refractivity contribution is 6.30. The van der Waals surface area contributed by atoms with E-state index in [1.54, 1.807) is 0 Å². The van der Waals surface area contributed by atoms with E-state index in [1.807, 2.05) is 24.3 Å². The second-order valence-corrected chi connectivity index (χ2v) is 8.46. The van der Waals surface area contributed by atoms with E-state index in [1.165, 1.54) is 24.8 Å². The lowest BCUT2D eigenvalue weighted by Gasteiger charge is -2.44. The Balaban J connectivity index is 0.00000182. The number of amides is 1. The third-order valence-corrected chi connectivity index (χ3v) is 6.55. The first-order valence-corrected chi connectivity index (χ1v) is 9.80. The largest absolute Gasteiger partial charge is 0.335 e. The van der Waals surface area contributed by atoms with Crippen LogP contribution in [0.1, 0.15) is 50.5 Å². The molecule has 1 aromatic carbocycles. The van der Waals surface area contributed by atoms with Crippen LogP contribution in [0.25, 0.3) is 0 Å². The van der Waals surface area contributed by atoms with Gasteiger partial charge in [0.25, 0.3) is 0 Å². The molecule has 138 valence electrons. The second-order valence-electron chi connectivity index (χ2n) is 8.02. The number of carbonyl (C=O) groups excluding carboxylic acids is 1. The quantitative estimate of drug-likeness (QED) is 0.837. The van der Waals surface area contributed by atoms with Gasteiger partial charge in [-0.3, -0.25) is 4.79 Å². The fourth-order valence-corrected chi connectivity index (χ4v) is 4.91. The number of rotatable bonds is 4. The molecule has 1 aromatic rings. The van der Waals surface area contributed by atoms with Gasteiger partial charge in [0.05, 0.1) is 0 Å². The molecule has 0 spiro atoms. The maximum absolute atomic E-state index is 13.2. The van der Waals surface area contributed by atoms with Gasteiger partial charge in [0, 0.05) is 29.6 Å². The van der Waals surface area contributed by atoms with Gasteiger partial charge in [-0.05, 0) is 68.1 Å². The van der Waals surface area contributed by atoms with E-state index in [2.05, 4.69) is 4.90 Å². The van der Waals surface area contributed by atoms with Crippen molar-refractivity contribution in [3.63, 3.8) is 0 Å². The van der Waals surface area contributed by atoms with Crippen LogP contribution in [-0.2, 0) is 11.3 Å². The van der Waals surface area contributed by atoms with Gasteiger partial charge >= 0.3 is 0 Å². The summed E-state index contributed by atoms with van der Waals surface area (Å²) in [6.07, 6.45) is 8.02. The lowest BCUT2D eigenvalue weighted by atomic mass is 9.65. The van der Waals surface area contributed by atoms with Crippen molar-refractivity contribution < 1.29 is 4.79 Å². The van der Waals surface area contributed by atoms with Gasteiger partial charge < -0.3 is 10.6 Å². The van der Waals surface area contributed by atoms with Crippen LogP contribution in [0.3, 0.4) is 0 Å². The molecule has 3 aliphatic rings. The standard InChI is InChI=1S/C20H27ClN2O.ClH/c21-17-6-4-13(5-7-17)12-23(18-8-9-18)20(24)16-10-14-2-1-3-15(11-16)19(14)22;/h4-7,14-16,18-19H,1-3,8-12,22H2;1H. The van der Waals surface area contributed by atoms with Crippen molar-refractivity contribution in [2.45, 2.75) is 63.6 Å². The molecule has 0 saturated heterocycles. The molecule has 0 heterocycles. The molecule has 2 bridgehead atoms. The summed E-state index contributed by atoms with van der Waals surface area (Å²) in [6.45, 7) is 0.721. The minimum absolute atomic E-state index is 0. The number of hydrogen-bond donors (Lipinski definition) is 1. The van der Waals surface area contributed by atoms with Gasteiger partial charge in [0.15, 0.2) is 0 Å². The topological polar surface area (TPSA) is 46.3 Å². The number of halogens is 2. The first-order valence-electron chi connectivity index (χ1n) is 9.42. The van der Waals surface area contributed by atoms with E-state index in [0.717, 1.165) is 37.3 Å². The highest BCUT2D eigenvalue weighted by Crippen LogP contribution is 2.43. The molecule has 2 atom stereocenters. The van der Waals surface area contributed by atoms with E-state index < -0.39 is 0 Å². The molecule has 3 aliphatic carbocycles. The Hall–Kier alpha value is -0.770. The fraction of sp³-hybridized carbons (Fsp3) is 0.650. The van der Waals surface area contributed by atoms with Crippen molar-refractivity contribution in [2.75, 3.05) is 0 Å². The number of hydrogen-bond acceptors (Lipinski definition) is 2. The van der Waals surface area contributed by atoms with Gasteiger partial charge in [-0.25, -0.2) is 0 Å². The summed E-state index contributed by atoms with van der Waals surface area (Å²) >= 11 is 5.98. The maximum atomic E-state index is 13.2. The summed E-state index contributed by atoms with van der Waals surface area (Å²) in [7, 11) is 0. The SMILES string of the molecule is Cl.NC1C2CCCC1CC(C(=O)N(Cc1ccc(Cl)cc1)C1CC1)C2. The maximum Gasteiger partial charge on any atom is 0.226 e. The van der Waals surface area contributed by atoms with Gasteiger partial charge in [-0.1, -0.05) is 30.2 Å². The van der Waals surface area contributed by atoms with E-state index in [4.69, 9.17) is 17.3 Å². The molecule has 3 nitrogen and oxygen atoms in total. The van der Waals surface area contributed by atoms with E-state index >= 15 is 0 Å². The Bertz CT molecular complexity index is 588. The summed E-state index contributed by atoms with van der Waals surface area (Å²) in [4.78, 5) is 15.4. The number of benzene rings is 1. The summed E-state index contributed by atoms with van der Waals surface area (Å²) in [6, 6.07) is 8.68. The number of fused-ring (bicyclic) bond motifs is 2. The molecule has 2 unspecified atom stereocenters. The molecular weight excluding hydrogens is 355 g/mol. The smallest absolute Gasteiger partial charge is 0.226 e. The summed E-state index contributed by atoms with van der Waals surface area (Å²) < 4.78 is 0. The van der Waals surface area contributed by atoms with Crippen LogP contribution in [0.2, 0.25) is 5.02 Å². The summed E-state index contributed by atoms with van der Waals surface area (Å²) in [5.41, 5.74) is 7.57. The van der Waals surface area contributed by atoms with Crippen LogP contribution in [0.15, 0.2) is 24.3 Å². The Morgan fingerprint density at radius 1 is 1.08 bits per heavy atom. The van der Waals surface area contributed by atoms with Crippen molar-refractivity contribution in [3.05, 3.63) is 34.9 Å². The molecule has 2 N–H and O–H groups in total. The van der Waals surface area contributed by atoms with Crippen LogP contribution in [0.4, 0.5) is 0 Å². The number of nitrogens with two attached hydrogens (primary N) is 1. The predicted octanol–water partition coefficient (Wildman–Crippen LogP) is 4.41. The molecule has 3 fully saturated rings. The van der Waals surface area contributed by atoms with Crippen molar-refractivity contribution in [1.82, 2.24) is 4.90 Å². The first-order chi connectivity index (χ1) is 11.6. The number of carbonyl (C=O) groups is 1. The molecule has 0 radical (unpaired) electrons. The zero-order chi connectivity index (χ0) is 16.7. The minimum Gasteiger partial charge on any atom is -0.335 e. The highest BCUT2D eigenvalue weighted by Gasteiger charge is 2.43. The zero-order valence-corrected chi connectivity index (χ0v) is 16.1. The third kappa shape index (κ3) is 4.15. The van der Waals surface area contributed by atoms with Crippen LogP contribution in [-0.4, -0.2) is 22.9 Å². The third-order valence-electron chi connectivity index (χ3n) is 6.30. The monoisotopic (exact) mass is 382 g/mol. The average Bonchev–Trinajstić information content (AvgIpc) is 3.38. The van der Waals surface area contributed by atoms with Crippen molar-refractivity contribution in [2.24, 2.45) is 23.5 Å². The zero-order valence-electron chi connectivity index (χ0n) is 14.6. The molecule has 5 heteroatoms. The van der Waals surface area contributed by atoms with Crippen molar-refractivity contribution in [3.8, 4) is 0 Å². The molecule has 25 heavy (non-hydrogen) atoms. The molecular formula is C20H28Cl2N2O. The first kappa shape index (κ1) is 19.0. The average molecular weight is 383 g/mol. The Kier molecular flexibility index (Phi) is 5.97. The van der Waals surface area contributed by atoms with E-state index in [0.29, 0.717) is 29.8 Å². The van der Waals surface area contributed by atoms with Gasteiger partial charge in [-0.15, -0.1) is 12.4 Å². The molecule has 0 aromatic heterocycles. The van der Waals surface area contributed by atoms with Crippen LogP contribution in [0, 0.1) is 17.8 Å². The van der Waals surface area contributed by atoms with Gasteiger partial charge in [-0.2, -0.15) is 0 Å². The van der Waals surface area contributed by atoms with Crippen LogP contribution >= 0.6 is 24.0 Å². The fourth-order valence-electron chi connectivity index (χ4n) is 4.78. The Labute approximate surface area is 161 Å². The van der Waals surface area contributed by atoms with Gasteiger partial charge in [0.2, 0.25) is 5.91 Å². The second kappa shape index (κ2) is 7.85. The summed E-state index contributed by atoms with van der Waals surface area (Å²) in [5, 5.41) is 0.747. The molecule has 4 rings (SSSR count). The van der Waals surface area contributed by atoms with E-state index in [-0.39, 0.29) is 18.3 Å². The molecule has 3 saturated carbocycles. The summed E-state index contributed by atoms with van der Waals surface area (Å²) in [5.74, 6) is 1.68. The predicted molar refractivity (Wildman–Crippen MR) is 104 cm³/mol. The van der Waals surface area contributed by atoms with E-state index in [9.17, 15) is 4.79 Å². The Morgan fingerprint density at radius 2 is 1.68 bits per heavy atom. The van der Waals surface area contributed by atoms with Crippen LogP contribution < -0.4 is 5.73 Å². The normalized spacial score (nSPS) is 31.1.